The van der Waals surface area contributed by atoms with Crippen LogP contribution in [0.4, 0.5) is 0 Å². The molecule has 0 amide bonds. The van der Waals surface area contributed by atoms with Crippen molar-refractivity contribution < 1.29 is 4.74 Å². The number of ether oxygens (including phenoxy) is 1. The molecule has 82 valence electrons. The van der Waals surface area contributed by atoms with Crippen molar-refractivity contribution in [2.24, 2.45) is 11.7 Å². The van der Waals surface area contributed by atoms with Crippen LogP contribution in [-0.4, -0.2) is 43.8 Å². The normalized spacial score (nSPS) is 39.4. The predicted molar refractivity (Wildman–Crippen MR) is 57.2 cm³/mol. The van der Waals surface area contributed by atoms with Gasteiger partial charge in [0, 0.05) is 25.7 Å². The standard InChI is InChI=1S/C11H22N2O/c1-14-8-9-4-5-13(7-9)11-3-2-10(12)6-11/h9-11H,2-8,12H2,1H3. The Kier molecular flexibility index (Phi) is 3.42. The molecule has 2 rings (SSSR count). The van der Waals surface area contributed by atoms with Crippen LogP contribution < -0.4 is 5.73 Å². The smallest absolute Gasteiger partial charge is 0.0503 e. The molecule has 1 saturated carbocycles. The molecule has 1 aliphatic heterocycles. The van der Waals surface area contributed by atoms with Crippen LogP contribution in [0.15, 0.2) is 0 Å². The van der Waals surface area contributed by atoms with E-state index in [1.807, 2.05) is 0 Å². The van der Waals surface area contributed by atoms with Crippen LogP contribution in [0.25, 0.3) is 0 Å². The van der Waals surface area contributed by atoms with Crippen LogP contribution in [0.5, 0.6) is 0 Å². The highest BCUT2D eigenvalue weighted by Gasteiger charge is 2.32. The van der Waals surface area contributed by atoms with E-state index in [1.54, 1.807) is 7.11 Å². The van der Waals surface area contributed by atoms with Gasteiger partial charge >= 0.3 is 0 Å². The zero-order valence-electron chi connectivity index (χ0n) is 9.11. The lowest BCUT2D eigenvalue weighted by atomic mass is 10.1. The summed E-state index contributed by atoms with van der Waals surface area (Å²) < 4.78 is 5.21. The number of nitrogens with two attached hydrogens (primary N) is 1. The van der Waals surface area contributed by atoms with E-state index in [9.17, 15) is 0 Å². The maximum atomic E-state index is 5.93. The van der Waals surface area contributed by atoms with E-state index in [2.05, 4.69) is 4.90 Å². The lowest BCUT2D eigenvalue weighted by Gasteiger charge is -2.23. The van der Waals surface area contributed by atoms with Gasteiger partial charge in [-0.1, -0.05) is 0 Å². The molecule has 14 heavy (non-hydrogen) atoms. The minimum Gasteiger partial charge on any atom is -0.384 e. The quantitative estimate of drug-likeness (QED) is 0.730. The molecule has 2 N–H and O–H groups in total. The molecule has 0 aromatic carbocycles. The molecule has 2 aliphatic rings. The Morgan fingerprint density at radius 1 is 1.36 bits per heavy atom. The summed E-state index contributed by atoms with van der Waals surface area (Å²) in [6.07, 6.45) is 5.04. The Hall–Kier alpha value is -0.120. The highest BCUT2D eigenvalue weighted by molar-refractivity contribution is 4.88. The van der Waals surface area contributed by atoms with E-state index in [-0.39, 0.29) is 0 Å². The molecular weight excluding hydrogens is 176 g/mol. The molecule has 3 heteroatoms. The average Bonchev–Trinajstić information content (AvgIpc) is 2.74. The topological polar surface area (TPSA) is 38.5 Å². The summed E-state index contributed by atoms with van der Waals surface area (Å²) in [5.41, 5.74) is 5.93. The van der Waals surface area contributed by atoms with Gasteiger partial charge in [-0.25, -0.2) is 0 Å². The third kappa shape index (κ3) is 2.27. The second-order valence-electron chi connectivity index (χ2n) is 4.83. The third-order valence-corrected chi connectivity index (χ3v) is 3.68. The van der Waals surface area contributed by atoms with Crippen molar-refractivity contribution in [1.29, 1.82) is 0 Å². The van der Waals surface area contributed by atoms with Gasteiger partial charge in [0.15, 0.2) is 0 Å². The van der Waals surface area contributed by atoms with E-state index < -0.39 is 0 Å². The number of methoxy groups -OCH3 is 1. The molecule has 1 aliphatic carbocycles. The van der Waals surface area contributed by atoms with Gasteiger partial charge in [-0.05, 0) is 38.1 Å². The zero-order chi connectivity index (χ0) is 9.97. The Morgan fingerprint density at radius 2 is 2.21 bits per heavy atom. The molecule has 0 radical (unpaired) electrons. The van der Waals surface area contributed by atoms with Crippen molar-refractivity contribution in [1.82, 2.24) is 4.90 Å². The molecule has 3 atom stereocenters. The van der Waals surface area contributed by atoms with Gasteiger partial charge in [-0.2, -0.15) is 0 Å². The maximum Gasteiger partial charge on any atom is 0.0503 e. The van der Waals surface area contributed by atoms with E-state index >= 15 is 0 Å². The molecule has 2 fully saturated rings. The van der Waals surface area contributed by atoms with Crippen LogP contribution in [0.1, 0.15) is 25.7 Å². The molecule has 3 unspecified atom stereocenters. The number of likely N-dealkylation sites (tertiary alicyclic amines) is 1. The zero-order valence-corrected chi connectivity index (χ0v) is 9.11. The first kappa shape index (κ1) is 10.4. The van der Waals surface area contributed by atoms with E-state index in [1.165, 1.54) is 38.8 Å². The van der Waals surface area contributed by atoms with Crippen molar-refractivity contribution in [3.63, 3.8) is 0 Å². The summed E-state index contributed by atoms with van der Waals surface area (Å²) in [4.78, 5) is 2.62. The first-order valence-electron chi connectivity index (χ1n) is 5.78. The first-order valence-corrected chi connectivity index (χ1v) is 5.78. The fourth-order valence-electron chi connectivity index (χ4n) is 2.89. The van der Waals surface area contributed by atoms with Crippen molar-refractivity contribution in [3.05, 3.63) is 0 Å². The second-order valence-corrected chi connectivity index (χ2v) is 4.83. The van der Waals surface area contributed by atoms with E-state index in [0.717, 1.165) is 18.6 Å². The van der Waals surface area contributed by atoms with Crippen molar-refractivity contribution in [2.45, 2.75) is 37.8 Å². The van der Waals surface area contributed by atoms with Crippen molar-refractivity contribution in [3.8, 4) is 0 Å². The molecule has 0 aromatic heterocycles. The van der Waals surface area contributed by atoms with Gasteiger partial charge in [0.05, 0.1) is 6.61 Å². The summed E-state index contributed by atoms with van der Waals surface area (Å²) in [6.45, 7) is 3.41. The van der Waals surface area contributed by atoms with Crippen LogP contribution in [0, 0.1) is 5.92 Å². The van der Waals surface area contributed by atoms with Gasteiger partial charge in [0.25, 0.3) is 0 Å². The highest BCUT2D eigenvalue weighted by atomic mass is 16.5. The molecular formula is C11H22N2O. The van der Waals surface area contributed by atoms with Gasteiger partial charge in [-0.3, -0.25) is 4.90 Å². The minimum atomic E-state index is 0.460. The molecule has 0 bridgehead atoms. The largest absolute Gasteiger partial charge is 0.384 e. The Balaban J connectivity index is 1.78. The number of nitrogens with zero attached hydrogens (tertiary/aromatic N) is 1. The number of rotatable bonds is 3. The Labute approximate surface area is 86.6 Å². The summed E-state index contributed by atoms with van der Waals surface area (Å²) in [5, 5.41) is 0. The van der Waals surface area contributed by atoms with Crippen LogP contribution in [-0.2, 0) is 4.74 Å². The van der Waals surface area contributed by atoms with E-state index in [4.69, 9.17) is 10.5 Å². The predicted octanol–water partition coefficient (Wildman–Crippen LogP) is 0.834. The lowest BCUT2D eigenvalue weighted by molar-refractivity contribution is 0.147. The molecule has 1 saturated heterocycles. The fourth-order valence-corrected chi connectivity index (χ4v) is 2.89. The number of hydrogen-bond acceptors (Lipinski definition) is 3. The van der Waals surface area contributed by atoms with E-state index in [0.29, 0.717) is 6.04 Å². The average molecular weight is 198 g/mol. The lowest BCUT2D eigenvalue weighted by Crippen LogP contribution is -2.33. The number of hydrogen-bond donors (Lipinski definition) is 1. The third-order valence-electron chi connectivity index (χ3n) is 3.68. The Bertz CT molecular complexity index is 186. The van der Waals surface area contributed by atoms with Crippen LogP contribution in [0.2, 0.25) is 0 Å². The summed E-state index contributed by atoms with van der Waals surface area (Å²) in [6, 6.07) is 1.23. The maximum absolute atomic E-state index is 5.93. The SMILES string of the molecule is COCC1CCN(C2CCC(N)C2)C1. The summed E-state index contributed by atoms with van der Waals surface area (Å²) in [7, 11) is 1.80. The van der Waals surface area contributed by atoms with Gasteiger partial charge in [0.2, 0.25) is 0 Å². The molecule has 0 spiro atoms. The van der Waals surface area contributed by atoms with Gasteiger partial charge in [-0.15, -0.1) is 0 Å². The van der Waals surface area contributed by atoms with Crippen LogP contribution >= 0.6 is 0 Å². The Morgan fingerprint density at radius 3 is 2.86 bits per heavy atom. The second kappa shape index (κ2) is 4.60. The summed E-state index contributed by atoms with van der Waals surface area (Å²) >= 11 is 0. The monoisotopic (exact) mass is 198 g/mol. The van der Waals surface area contributed by atoms with Crippen LogP contribution in [0.3, 0.4) is 0 Å². The first-order chi connectivity index (χ1) is 6.79. The highest BCUT2D eigenvalue weighted by Crippen LogP contribution is 2.28. The molecule has 3 nitrogen and oxygen atoms in total. The molecule has 0 aromatic rings. The van der Waals surface area contributed by atoms with Crippen molar-refractivity contribution >= 4 is 0 Å². The fraction of sp³-hybridized carbons (Fsp3) is 1.00. The molecule has 1 heterocycles. The van der Waals surface area contributed by atoms with Gasteiger partial charge in [0.1, 0.15) is 0 Å². The van der Waals surface area contributed by atoms with Crippen molar-refractivity contribution in [2.75, 3.05) is 26.8 Å². The van der Waals surface area contributed by atoms with Gasteiger partial charge < -0.3 is 10.5 Å². The minimum absolute atomic E-state index is 0.460. The summed E-state index contributed by atoms with van der Waals surface area (Å²) in [5.74, 6) is 0.761.